The fourth-order valence-electron chi connectivity index (χ4n) is 3.32. The quantitative estimate of drug-likeness (QED) is 0.796. The Kier molecular flexibility index (Phi) is 5.35. The number of hydrogen-bond donors (Lipinski definition) is 2. The van der Waals surface area contributed by atoms with Crippen molar-refractivity contribution in [3.8, 4) is 5.75 Å². The molecule has 0 spiro atoms. The van der Waals surface area contributed by atoms with Crippen LogP contribution in [-0.4, -0.2) is 41.5 Å². The minimum atomic E-state index is -0.193. The molecule has 0 radical (unpaired) electrons. The van der Waals surface area contributed by atoms with Crippen molar-refractivity contribution in [1.82, 2.24) is 15.5 Å². The lowest BCUT2D eigenvalue weighted by Crippen LogP contribution is -2.40. The molecule has 1 aromatic heterocycles. The van der Waals surface area contributed by atoms with Gasteiger partial charge in [0.1, 0.15) is 11.9 Å². The van der Waals surface area contributed by atoms with Crippen molar-refractivity contribution in [3.63, 3.8) is 0 Å². The molecule has 24 heavy (non-hydrogen) atoms. The van der Waals surface area contributed by atoms with E-state index in [4.69, 9.17) is 9.47 Å². The SMILES string of the molecule is CCOC(=O)CN[C@@H]1CCC[C@H](Oc2ccc3[nH]ncc3c2C)C1. The predicted octanol–water partition coefficient (Wildman–Crippen LogP) is 2.71. The highest BCUT2D eigenvalue weighted by Gasteiger charge is 2.24. The molecular weight excluding hydrogens is 306 g/mol. The Labute approximate surface area is 141 Å². The first kappa shape index (κ1) is 16.8. The molecule has 1 aromatic carbocycles. The molecule has 2 aromatic rings. The van der Waals surface area contributed by atoms with Crippen molar-refractivity contribution in [2.45, 2.75) is 51.7 Å². The third-order valence-electron chi connectivity index (χ3n) is 4.60. The smallest absolute Gasteiger partial charge is 0.319 e. The van der Waals surface area contributed by atoms with Gasteiger partial charge in [0.05, 0.1) is 24.9 Å². The molecule has 0 saturated heterocycles. The molecular formula is C18H25N3O3. The molecule has 0 bridgehead atoms. The summed E-state index contributed by atoms with van der Waals surface area (Å²) in [6.07, 6.45) is 6.11. The van der Waals surface area contributed by atoms with Crippen molar-refractivity contribution in [1.29, 1.82) is 0 Å². The van der Waals surface area contributed by atoms with Gasteiger partial charge in [-0.05, 0) is 51.7 Å². The van der Waals surface area contributed by atoms with E-state index in [1.807, 2.05) is 25.3 Å². The lowest BCUT2D eigenvalue weighted by Gasteiger charge is -2.30. The topological polar surface area (TPSA) is 76.2 Å². The van der Waals surface area contributed by atoms with Crippen LogP contribution in [0.5, 0.6) is 5.75 Å². The number of aromatic nitrogens is 2. The Morgan fingerprint density at radius 3 is 3.12 bits per heavy atom. The van der Waals surface area contributed by atoms with Crippen LogP contribution in [-0.2, 0) is 9.53 Å². The van der Waals surface area contributed by atoms with Gasteiger partial charge >= 0.3 is 5.97 Å². The molecule has 3 rings (SSSR count). The number of fused-ring (bicyclic) bond motifs is 1. The molecule has 1 aliphatic rings. The van der Waals surface area contributed by atoms with Crippen LogP contribution in [0.3, 0.4) is 0 Å². The number of carbonyl (C=O) groups is 1. The van der Waals surface area contributed by atoms with E-state index in [1.165, 1.54) is 0 Å². The zero-order valence-corrected chi connectivity index (χ0v) is 14.3. The number of ether oxygens (including phenoxy) is 2. The van der Waals surface area contributed by atoms with Gasteiger partial charge in [0.2, 0.25) is 0 Å². The average Bonchev–Trinajstić information content (AvgIpc) is 3.06. The van der Waals surface area contributed by atoms with Crippen LogP contribution < -0.4 is 10.1 Å². The second-order valence-electron chi connectivity index (χ2n) is 6.31. The summed E-state index contributed by atoms with van der Waals surface area (Å²) in [6, 6.07) is 4.31. The van der Waals surface area contributed by atoms with Gasteiger partial charge in [0.25, 0.3) is 0 Å². The van der Waals surface area contributed by atoms with Gasteiger partial charge in [-0.3, -0.25) is 9.89 Å². The largest absolute Gasteiger partial charge is 0.490 e. The fraction of sp³-hybridized carbons (Fsp3) is 0.556. The summed E-state index contributed by atoms with van der Waals surface area (Å²) in [6.45, 7) is 4.58. The van der Waals surface area contributed by atoms with Crippen LogP contribution in [0, 0.1) is 6.92 Å². The van der Waals surface area contributed by atoms with Crippen molar-refractivity contribution in [2.24, 2.45) is 0 Å². The number of hydrogen-bond acceptors (Lipinski definition) is 5. The third-order valence-corrected chi connectivity index (χ3v) is 4.60. The molecule has 0 unspecified atom stereocenters. The fourth-order valence-corrected chi connectivity index (χ4v) is 3.32. The van der Waals surface area contributed by atoms with Gasteiger partial charge in [-0.15, -0.1) is 0 Å². The molecule has 1 saturated carbocycles. The number of aromatic amines is 1. The maximum absolute atomic E-state index is 11.5. The monoisotopic (exact) mass is 331 g/mol. The summed E-state index contributed by atoms with van der Waals surface area (Å²) in [5.41, 5.74) is 2.14. The first-order valence-corrected chi connectivity index (χ1v) is 8.65. The van der Waals surface area contributed by atoms with Crippen LogP contribution in [0.25, 0.3) is 10.9 Å². The van der Waals surface area contributed by atoms with Crippen molar-refractivity contribution >= 4 is 16.9 Å². The van der Waals surface area contributed by atoms with Crippen LogP contribution >= 0.6 is 0 Å². The van der Waals surface area contributed by atoms with Crippen LogP contribution in [0.1, 0.15) is 38.2 Å². The number of nitrogens with zero attached hydrogens (tertiary/aromatic N) is 1. The molecule has 1 fully saturated rings. The lowest BCUT2D eigenvalue weighted by molar-refractivity contribution is -0.142. The zero-order valence-electron chi connectivity index (χ0n) is 14.3. The summed E-state index contributed by atoms with van der Waals surface area (Å²) in [5, 5.41) is 11.5. The molecule has 0 amide bonds. The van der Waals surface area contributed by atoms with Gasteiger partial charge in [0, 0.05) is 17.0 Å². The standard InChI is InChI=1S/C18H25N3O3/c1-3-23-18(22)11-19-13-5-4-6-14(9-13)24-17-8-7-16-15(12(17)2)10-20-21-16/h7-8,10,13-14,19H,3-6,9,11H2,1-2H3,(H,20,21)/t13-,14+/m1/s1. The van der Waals surface area contributed by atoms with E-state index in [0.717, 1.165) is 47.9 Å². The zero-order chi connectivity index (χ0) is 16.9. The van der Waals surface area contributed by atoms with E-state index in [0.29, 0.717) is 12.6 Å². The maximum Gasteiger partial charge on any atom is 0.319 e. The molecule has 1 aliphatic carbocycles. The van der Waals surface area contributed by atoms with Gasteiger partial charge in [-0.2, -0.15) is 5.10 Å². The number of H-pyrrole nitrogens is 1. The normalized spacial score (nSPS) is 20.9. The van der Waals surface area contributed by atoms with E-state index in [2.05, 4.69) is 22.4 Å². The highest BCUT2D eigenvalue weighted by molar-refractivity contribution is 5.83. The molecule has 2 N–H and O–H groups in total. The summed E-state index contributed by atoms with van der Waals surface area (Å²) < 4.78 is 11.2. The Hall–Kier alpha value is -2.08. The number of benzene rings is 1. The molecule has 0 aliphatic heterocycles. The third kappa shape index (κ3) is 3.87. The summed E-state index contributed by atoms with van der Waals surface area (Å²) in [5.74, 6) is 0.724. The van der Waals surface area contributed by atoms with Crippen LogP contribution in [0.4, 0.5) is 0 Å². The minimum Gasteiger partial charge on any atom is -0.490 e. The number of carbonyl (C=O) groups excluding carboxylic acids is 1. The Bertz CT molecular complexity index is 698. The predicted molar refractivity (Wildman–Crippen MR) is 92.1 cm³/mol. The van der Waals surface area contributed by atoms with E-state index in [9.17, 15) is 4.79 Å². The number of aryl methyl sites for hydroxylation is 1. The van der Waals surface area contributed by atoms with E-state index < -0.39 is 0 Å². The van der Waals surface area contributed by atoms with Crippen molar-refractivity contribution in [3.05, 3.63) is 23.9 Å². The number of esters is 1. The number of rotatable bonds is 6. The second-order valence-corrected chi connectivity index (χ2v) is 6.31. The molecule has 6 heteroatoms. The van der Waals surface area contributed by atoms with Gasteiger partial charge in [-0.25, -0.2) is 0 Å². The summed E-state index contributed by atoms with van der Waals surface area (Å²) >= 11 is 0. The first-order chi connectivity index (χ1) is 11.7. The molecule has 6 nitrogen and oxygen atoms in total. The lowest BCUT2D eigenvalue weighted by atomic mass is 9.92. The van der Waals surface area contributed by atoms with E-state index in [-0.39, 0.29) is 18.6 Å². The van der Waals surface area contributed by atoms with Crippen LogP contribution in [0.15, 0.2) is 18.3 Å². The Morgan fingerprint density at radius 1 is 1.42 bits per heavy atom. The second kappa shape index (κ2) is 7.66. The summed E-state index contributed by atoms with van der Waals surface area (Å²) in [4.78, 5) is 11.5. The average molecular weight is 331 g/mol. The molecule has 1 heterocycles. The Balaban J connectivity index is 1.58. The molecule has 130 valence electrons. The van der Waals surface area contributed by atoms with Crippen LogP contribution in [0.2, 0.25) is 0 Å². The summed E-state index contributed by atoms with van der Waals surface area (Å²) in [7, 11) is 0. The van der Waals surface area contributed by atoms with Gasteiger partial charge in [0.15, 0.2) is 0 Å². The first-order valence-electron chi connectivity index (χ1n) is 8.65. The maximum atomic E-state index is 11.5. The van der Waals surface area contributed by atoms with Gasteiger partial charge in [-0.1, -0.05) is 0 Å². The van der Waals surface area contributed by atoms with Gasteiger partial charge < -0.3 is 14.8 Å². The van der Waals surface area contributed by atoms with E-state index in [1.54, 1.807) is 0 Å². The van der Waals surface area contributed by atoms with Crippen molar-refractivity contribution in [2.75, 3.05) is 13.2 Å². The molecule has 2 atom stereocenters. The van der Waals surface area contributed by atoms with E-state index >= 15 is 0 Å². The highest BCUT2D eigenvalue weighted by Crippen LogP contribution is 2.29. The minimum absolute atomic E-state index is 0.168. The highest BCUT2D eigenvalue weighted by atomic mass is 16.5. The number of nitrogens with one attached hydrogen (secondary N) is 2. The van der Waals surface area contributed by atoms with Crippen molar-refractivity contribution < 1.29 is 14.3 Å². The Morgan fingerprint density at radius 2 is 2.29 bits per heavy atom.